The molecule has 0 bridgehead atoms. The first-order valence-electron chi connectivity index (χ1n) is 12.4. The van der Waals surface area contributed by atoms with E-state index in [-0.39, 0.29) is 31.8 Å². The van der Waals surface area contributed by atoms with Gasteiger partial charge in [-0.25, -0.2) is 22.2 Å². The molecule has 0 atom stereocenters. The zero-order chi connectivity index (χ0) is 27.7. The van der Waals surface area contributed by atoms with E-state index in [1.165, 1.54) is 11.3 Å². The monoisotopic (exact) mass is 571 g/mol. The van der Waals surface area contributed by atoms with Crippen LogP contribution in [0, 0.1) is 24.5 Å². The van der Waals surface area contributed by atoms with Crippen molar-refractivity contribution >= 4 is 42.6 Å². The number of amides is 1. The molecule has 1 aliphatic heterocycles. The lowest BCUT2D eigenvalue weighted by Crippen LogP contribution is -2.44. The summed E-state index contributed by atoms with van der Waals surface area (Å²) in [6.45, 7) is 2.31. The highest BCUT2D eigenvalue weighted by Crippen LogP contribution is 2.38. The third kappa shape index (κ3) is 5.39. The molecule has 0 aliphatic carbocycles. The number of hydrogen-bond donors (Lipinski definition) is 0. The van der Waals surface area contributed by atoms with Crippen LogP contribution in [0.2, 0.25) is 0 Å². The summed E-state index contributed by atoms with van der Waals surface area (Å²) in [4.78, 5) is 19.7. The van der Waals surface area contributed by atoms with Crippen LogP contribution >= 0.6 is 11.3 Å². The average molecular weight is 572 g/mol. The number of carbonyl (C=O) groups is 1. The summed E-state index contributed by atoms with van der Waals surface area (Å²) in [5.41, 5.74) is 2.63. The zero-order valence-corrected chi connectivity index (χ0v) is 23.1. The summed E-state index contributed by atoms with van der Waals surface area (Å²) in [5.74, 6) is -1.85. The van der Waals surface area contributed by atoms with Gasteiger partial charge < -0.3 is 4.74 Å². The number of nitrogens with zero attached hydrogens (tertiary/aromatic N) is 3. The smallest absolute Gasteiger partial charge is 0.246 e. The van der Waals surface area contributed by atoms with E-state index < -0.39 is 32.5 Å². The lowest BCUT2D eigenvalue weighted by Gasteiger charge is -2.33. The fourth-order valence-electron chi connectivity index (χ4n) is 4.76. The highest BCUT2D eigenvalue weighted by atomic mass is 32.2. The van der Waals surface area contributed by atoms with Crippen molar-refractivity contribution in [2.45, 2.75) is 31.2 Å². The Labute approximate surface area is 229 Å². The number of ether oxygens (including phenoxy) is 1. The minimum absolute atomic E-state index is 0.0145. The third-order valence-corrected chi connectivity index (χ3v) is 10.0. The molecule has 1 aliphatic rings. The predicted molar refractivity (Wildman–Crippen MR) is 146 cm³/mol. The highest BCUT2D eigenvalue weighted by Gasteiger charge is 2.36. The molecule has 11 heteroatoms. The number of sulfonamides is 1. The number of methoxy groups -OCH3 is 1. The molecule has 0 radical (unpaired) electrons. The number of aromatic nitrogens is 1. The minimum atomic E-state index is -4.25. The summed E-state index contributed by atoms with van der Waals surface area (Å²) < 4.78 is 61.5. The molecule has 3 aromatic carbocycles. The minimum Gasteiger partial charge on any atom is -0.494 e. The molecule has 7 nitrogen and oxygen atoms in total. The number of piperidine rings is 1. The summed E-state index contributed by atoms with van der Waals surface area (Å²) in [6.07, 6.45) is 0.487. The number of aryl methyl sites for hydroxylation is 1. The van der Waals surface area contributed by atoms with Gasteiger partial charge >= 0.3 is 0 Å². The Morgan fingerprint density at radius 2 is 1.82 bits per heavy atom. The second-order valence-electron chi connectivity index (χ2n) is 9.42. The first-order chi connectivity index (χ1) is 18.7. The van der Waals surface area contributed by atoms with Crippen molar-refractivity contribution < 1.29 is 26.7 Å². The maximum Gasteiger partial charge on any atom is 0.246 e. The summed E-state index contributed by atoms with van der Waals surface area (Å²) >= 11 is 1.41. The van der Waals surface area contributed by atoms with Crippen LogP contribution in [0.3, 0.4) is 0 Å². The van der Waals surface area contributed by atoms with Crippen molar-refractivity contribution in [1.29, 1.82) is 0 Å². The van der Waals surface area contributed by atoms with E-state index in [4.69, 9.17) is 9.72 Å². The Kier molecular flexibility index (Phi) is 7.66. The number of fused-ring (bicyclic) bond motifs is 1. The van der Waals surface area contributed by atoms with Crippen molar-refractivity contribution in [1.82, 2.24) is 9.29 Å². The zero-order valence-electron chi connectivity index (χ0n) is 21.4. The molecule has 1 fully saturated rings. The second-order valence-corrected chi connectivity index (χ2v) is 12.3. The molecule has 39 heavy (non-hydrogen) atoms. The normalized spacial score (nSPS) is 15.0. The Balaban J connectivity index is 1.41. The molecule has 1 amide bonds. The Morgan fingerprint density at radius 1 is 1.10 bits per heavy atom. The van der Waals surface area contributed by atoms with Gasteiger partial charge in [0, 0.05) is 19.0 Å². The van der Waals surface area contributed by atoms with Crippen LogP contribution in [0.15, 0.2) is 65.6 Å². The third-order valence-electron chi connectivity index (χ3n) is 6.91. The van der Waals surface area contributed by atoms with Crippen LogP contribution in [0.4, 0.5) is 13.9 Å². The van der Waals surface area contributed by atoms with Crippen molar-refractivity contribution in [3.05, 3.63) is 83.4 Å². The topological polar surface area (TPSA) is 79.8 Å². The molecule has 0 saturated carbocycles. The van der Waals surface area contributed by atoms with Gasteiger partial charge in [-0.1, -0.05) is 47.7 Å². The van der Waals surface area contributed by atoms with Crippen molar-refractivity contribution in [2.75, 3.05) is 25.1 Å². The van der Waals surface area contributed by atoms with E-state index in [1.54, 1.807) is 12.0 Å². The van der Waals surface area contributed by atoms with E-state index in [2.05, 4.69) is 0 Å². The number of rotatable bonds is 7. The number of carbonyl (C=O) groups excluding carboxylic acids is 1. The number of thiazole rings is 1. The van der Waals surface area contributed by atoms with E-state index in [9.17, 15) is 22.0 Å². The lowest BCUT2D eigenvalue weighted by atomic mass is 9.96. The molecule has 5 rings (SSSR count). The molecule has 204 valence electrons. The van der Waals surface area contributed by atoms with E-state index >= 15 is 0 Å². The Morgan fingerprint density at radius 3 is 2.51 bits per heavy atom. The summed E-state index contributed by atoms with van der Waals surface area (Å²) in [6, 6.07) is 15.7. The van der Waals surface area contributed by atoms with Crippen molar-refractivity contribution in [3.8, 4) is 5.75 Å². The van der Waals surface area contributed by atoms with Gasteiger partial charge in [-0.15, -0.1) is 0 Å². The van der Waals surface area contributed by atoms with Gasteiger partial charge in [0.25, 0.3) is 0 Å². The first-order valence-corrected chi connectivity index (χ1v) is 14.7. The summed E-state index contributed by atoms with van der Waals surface area (Å²) in [7, 11) is -2.67. The van der Waals surface area contributed by atoms with Crippen molar-refractivity contribution in [3.63, 3.8) is 0 Å². The van der Waals surface area contributed by atoms with Gasteiger partial charge in [0.05, 0.1) is 18.4 Å². The first kappa shape index (κ1) is 27.2. The summed E-state index contributed by atoms with van der Waals surface area (Å²) in [5, 5.41) is 0.531. The number of halogens is 2. The van der Waals surface area contributed by atoms with Crippen LogP contribution in [0.5, 0.6) is 5.75 Å². The Hall–Kier alpha value is -3.41. The molecule has 0 spiro atoms. The largest absolute Gasteiger partial charge is 0.494 e. The number of hydrogen-bond acceptors (Lipinski definition) is 6. The standard InChI is InChI=1S/C28H27F2N3O4S2/c1-18-8-11-23(37-2)25-26(18)38-28(31-25)33(17-19-6-4-3-5-7-19)27(34)20-12-14-32(15-13-20)39(35,36)24-16-21(29)9-10-22(24)30/h3-11,16,20H,12-15,17H2,1-2H3. The quantitative estimate of drug-likeness (QED) is 0.292. The molecule has 4 aromatic rings. The molecule has 1 aromatic heterocycles. The van der Waals surface area contributed by atoms with Gasteiger partial charge in [0.1, 0.15) is 27.8 Å². The van der Waals surface area contributed by atoms with Gasteiger partial charge in [-0.3, -0.25) is 9.69 Å². The van der Waals surface area contributed by atoms with E-state index in [0.717, 1.165) is 32.3 Å². The van der Waals surface area contributed by atoms with Gasteiger partial charge in [-0.05, 0) is 55.2 Å². The van der Waals surface area contributed by atoms with Crippen LogP contribution in [0.1, 0.15) is 24.0 Å². The van der Waals surface area contributed by atoms with Gasteiger partial charge in [-0.2, -0.15) is 4.31 Å². The lowest BCUT2D eigenvalue weighted by molar-refractivity contribution is -0.123. The van der Waals surface area contributed by atoms with Crippen LogP contribution < -0.4 is 9.64 Å². The van der Waals surface area contributed by atoms with E-state index in [0.29, 0.717) is 29.0 Å². The van der Waals surface area contributed by atoms with Crippen LogP contribution in [-0.4, -0.2) is 43.8 Å². The number of benzene rings is 3. The van der Waals surface area contributed by atoms with Crippen LogP contribution in [0.25, 0.3) is 10.2 Å². The maximum atomic E-state index is 14.2. The molecule has 0 N–H and O–H groups in total. The van der Waals surface area contributed by atoms with E-state index in [1.807, 2.05) is 49.4 Å². The fraction of sp³-hybridized carbons (Fsp3) is 0.286. The Bertz CT molecular complexity index is 1620. The number of anilines is 1. The SMILES string of the molecule is COc1ccc(C)c2sc(N(Cc3ccccc3)C(=O)C3CCN(S(=O)(=O)c4cc(F)ccc4F)CC3)nc12. The average Bonchev–Trinajstić information content (AvgIpc) is 3.40. The van der Waals surface area contributed by atoms with Crippen LogP contribution in [-0.2, 0) is 21.4 Å². The van der Waals surface area contributed by atoms with Gasteiger partial charge in [0.15, 0.2) is 5.13 Å². The highest BCUT2D eigenvalue weighted by molar-refractivity contribution is 7.89. The molecular formula is C28H27F2N3O4S2. The van der Waals surface area contributed by atoms with Crippen molar-refractivity contribution in [2.24, 2.45) is 5.92 Å². The molecule has 1 saturated heterocycles. The predicted octanol–water partition coefficient (Wildman–Crippen LogP) is 5.53. The molecule has 0 unspecified atom stereocenters. The molecular weight excluding hydrogens is 544 g/mol. The fourth-order valence-corrected chi connectivity index (χ4v) is 7.36. The molecule has 2 heterocycles. The van der Waals surface area contributed by atoms with Gasteiger partial charge in [0.2, 0.25) is 15.9 Å². The second kappa shape index (κ2) is 11.0. The maximum absolute atomic E-state index is 14.2.